The van der Waals surface area contributed by atoms with Crippen LogP contribution < -0.4 is 10.1 Å². The van der Waals surface area contributed by atoms with Gasteiger partial charge in [0.1, 0.15) is 16.7 Å². The molecule has 0 aromatic heterocycles. The summed E-state index contributed by atoms with van der Waals surface area (Å²) in [6.45, 7) is 0. The standard InChI is InChI=1S/C18H14ClN3O4S/c19-13-3-1-2-4-14(13)26-12-7-5-11(6-8-12)10-20-22-18-21-17(25)15(27-18)9-16(23)24/h1-8,10,15H,9H2,(H,23,24)(H,21,22,25). The fourth-order valence-corrected chi connectivity index (χ4v) is 3.26. The van der Waals surface area contributed by atoms with E-state index in [9.17, 15) is 9.59 Å². The molecule has 1 fully saturated rings. The van der Waals surface area contributed by atoms with Crippen molar-refractivity contribution in [2.75, 3.05) is 0 Å². The molecule has 1 saturated heterocycles. The summed E-state index contributed by atoms with van der Waals surface area (Å²) in [5.74, 6) is -0.220. The van der Waals surface area contributed by atoms with Crippen LogP contribution in [0.5, 0.6) is 11.5 Å². The molecule has 0 bridgehead atoms. The summed E-state index contributed by atoms with van der Waals surface area (Å²) in [5.41, 5.74) is 0.780. The third-order valence-electron chi connectivity index (χ3n) is 3.44. The Morgan fingerprint density at radius 1 is 1.26 bits per heavy atom. The first-order valence-corrected chi connectivity index (χ1v) is 9.10. The Hall–Kier alpha value is -2.84. The van der Waals surface area contributed by atoms with Crippen molar-refractivity contribution in [3.05, 3.63) is 59.1 Å². The lowest BCUT2D eigenvalue weighted by Gasteiger charge is -2.07. The van der Waals surface area contributed by atoms with Crippen LogP contribution >= 0.6 is 23.4 Å². The number of halogens is 1. The van der Waals surface area contributed by atoms with Gasteiger partial charge >= 0.3 is 5.97 Å². The average Bonchev–Trinajstić information content (AvgIpc) is 2.97. The first kappa shape index (κ1) is 18.9. The van der Waals surface area contributed by atoms with E-state index in [4.69, 9.17) is 21.4 Å². The lowest BCUT2D eigenvalue weighted by molar-refractivity contribution is -0.138. The van der Waals surface area contributed by atoms with E-state index in [-0.39, 0.29) is 17.5 Å². The highest BCUT2D eigenvalue weighted by molar-refractivity contribution is 8.15. The van der Waals surface area contributed by atoms with Gasteiger partial charge in [-0.2, -0.15) is 5.10 Å². The van der Waals surface area contributed by atoms with Crippen molar-refractivity contribution in [1.82, 2.24) is 5.32 Å². The second-order valence-electron chi connectivity index (χ2n) is 5.44. The van der Waals surface area contributed by atoms with Gasteiger partial charge in [0.05, 0.1) is 17.7 Å². The van der Waals surface area contributed by atoms with Gasteiger partial charge in [-0.15, -0.1) is 5.10 Å². The molecule has 7 nitrogen and oxygen atoms in total. The molecule has 0 radical (unpaired) electrons. The molecule has 1 aliphatic rings. The maximum atomic E-state index is 11.6. The Morgan fingerprint density at radius 3 is 2.70 bits per heavy atom. The molecule has 2 aromatic carbocycles. The van der Waals surface area contributed by atoms with Gasteiger partial charge in [-0.1, -0.05) is 35.5 Å². The summed E-state index contributed by atoms with van der Waals surface area (Å²) in [6.07, 6.45) is 1.26. The predicted molar refractivity (Wildman–Crippen MR) is 105 cm³/mol. The zero-order valence-corrected chi connectivity index (χ0v) is 15.4. The predicted octanol–water partition coefficient (Wildman–Crippen LogP) is 3.53. The van der Waals surface area contributed by atoms with Crippen LogP contribution in [0.25, 0.3) is 0 Å². The van der Waals surface area contributed by atoms with Crippen molar-refractivity contribution in [1.29, 1.82) is 0 Å². The number of carbonyl (C=O) groups excluding carboxylic acids is 1. The largest absolute Gasteiger partial charge is 0.481 e. The van der Waals surface area contributed by atoms with Gasteiger partial charge in [-0.05, 0) is 42.0 Å². The van der Waals surface area contributed by atoms with Crippen molar-refractivity contribution < 1.29 is 19.4 Å². The van der Waals surface area contributed by atoms with E-state index in [0.29, 0.717) is 16.5 Å². The lowest BCUT2D eigenvalue weighted by Crippen LogP contribution is -2.26. The van der Waals surface area contributed by atoms with Crippen molar-refractivity contribution >= 4 is 46.6 Å². The molecule has 1 unspecified atom stereocenters. The molecule has 1 amide bonds. The second-order valence-corrected chi connectivity index (χ2v) is 7.04. The number of hydrogen-bond acceptors (Lipinski definition) is 6. The summed E-state index contributed by atoms with van der Waals surface area (Å²) >= 11 is 7.11. The maximum absolute atomic E-state index is 11.6. The van der Waals surface area contributed by atoms with E-state index in [2.05, 4.69) is 15.5 Å². The molecule has 27 heavy (non-hydrogen) atoms. The summed E-state index contributed by atoms with van der Waals surface area (Å²) in [5, 5.41) is 19.2. The van der Waals surface area contributed by atoms with Crippen LogP contribution in [0.2, 0.25) is 5.02 Å². The average molecular weight is 404 g/mol. The van der Waals surface area contributed by atoms with Crippen molar-refractivity contribution in [2.24, 2.45) is 10.2 Å². The quantitative estimate of drug-likeness (QED) is 0.567. The van der Waals surface area contributed by atoms with E-state index in [1.807, 2.05) is 12.1 Å². The first-order chi connectivity index (χ1) is 13.0. The molecule has 0 spiro atoms. The molecular formula is C18H14ClN3O4S. The Labute approximate surface area is 164 Å². The smallest absolute Gasteiger partial charge is 0.305 e. The lowest BCUT2D eigenvalue weighted by atomic mass is 10.2. The number of thioether (sulfide) groups is 1. The van der Waals surface area contributed by atoms with Crippen LogP contribution in [0, 0.1) is 0 Å². The molecule has 9 heteroatoms. The van der Waals surface area contributed by atoms with Gasteiger partial charge in [-0.25, -0.2) is 0 Å². The van der Waals surface area contributed by atoms with Gasteiger partial charge in [0, 0.05) is 0 Å². The highest BCUT2D eigenvalue weighted by Gasteiger charge is 2.32. The zero-order valence-electron chi connectivity index (χ0n) is 13.8. The fraction of sp³-hybridized carbons (Fsp3) is 0.111. The van der Waals surface area contributed by atoms with Gasteiger partial charge in [0.15, 0.2) is 5.17 Å². The Balaban J connectivity index is 1.59. The van der Waals surface area contributed by atoms with E-state index in [1.165, 1.54) is 6.21 Å². The number of nitrogens with zero attached hydrogens (tertiary/aromatic N) is 2. The highest BCUT2D eigenvalue weighted by atomic mass is 35.5. The van der Waals surface area contributed by atoms with Gasteiger partial charge < -0.3 is 15.2 Å². The molecule has 3 rings (SSSR count). The molecule has 1 aliphatic heterocycles. The second kappa shape index (κ2) is 8.70. The third-order valence-corrected chi connectivity index (χ3v) is 4.82. The number of rotatable bonds is 6. The molecule has 2 N–H and O–H groups in total. The number of amidine groups is 1. The van der Waals surface area contributed by atoms with Crippen LogP contribution in [-0.2, 0) is 9.59 Å². The van der Waals surface area contributed by atoms with Crippen LogP contribution in [-0.4, -0.2) is 33.6 Å². The fourth-order valence-electron chi connectivity index (χ4n) is 2.17. The van der Waals surface area contributed by atoms with Crippen molar-refractivity contribution in [3.8, 4) is 11.5 Å². The SMILES string of the molecule is O=C(O)CC1SC(=NN=Cc2ccc(Oc3ccccc3Cl)cc2)NC1=O. The monoisotopic (exact) mass is 403 g/mol. The number of para-hydroxylation sites is 1. The summed E-state index contributed by atoms with van der Waals surface area (Å²) in [6, 6.07) is 14.3. The van der Waals surface area contributed by atoms with E-state index >= 15 is 0 Å². The minimum atomic E-state index is -1.04. The Bertz CT molecular complexity index is 915. The van der Waals surface area contributed by atoms with E-state index in [0.717, 1.165) is 17.3 Å². The number of hydrogen-bond donors (Lipinski definition) is 2. The van der Waals surface area contributed by atoms with Gasteiger partial charge in [0.25, 0.3) is 0 Å². The Morgan fingerprint density at radius 2 is 2.00 bits per heavy atom. The molecule has 1 heterocycles. The topological polar surface area (TPSA) is 100 Å². The number of carboxylic acids is 1. The summed E-state index contributed by atoms with van der Waals surface area (Å²) in [4.78, 5) is 22.3. The molecular weight excluding hydrogens is 390 g/mol. The van der Waals surface area contributed by atoms with Crippen LogP contribution in [0.4, 0.5) is 0 Å². The summed E-state index contributed by atoms with van der Waals surface area (Å²) < 4.78 is 5.70. The minimum absolute atomic E-state index is 0.258. The number of amides is 1. The van der Waals surface area contributed by atoms with Crippen LogP contribution in [0.15, 0.2) is 58.7 Å². The van der Waals surface area contributed by atoms with Crippen LogP contribution in [0.1, 0.15) is 12.0 Å². The number of nitrogens with one attached hydrogen (secondary N) is 1. The maximum Gasteiger partial charge on any atom is 0.305 e. The third kappa shape index (κ3) is 5.32. The number of carbonyl (C=O) groups is 2. The van der Waals surface area contributed by atoms with Crippen molar-refractivity contribution in [3.63, 3.8) is 0 Å². The molecule has 0 aliphatic carbocycles. The van der Waals surface area contributed by atoms with E-state index < -0.39 is 11.2 Å². The minimum Gasteiger partial charge on any atom is -0.481 e. The number of benzene rings is 2. The number of carboxylic acid groups (broad SMARTS) is 1. The molecule has 0 saturated carbocycles. The zero-order chi connectivity index (χ0) is 19.2. The molecule has 1 atom stereocenters. The molecule has 2 aromatic rings. The van der Waals surface area contributed by atoms with Crippen molar-refractivity contribution in [2.45, 2.75) is 11.7 Å². The first-order valence-electron chi connectivity index (χ1n) is 7.84. The highest BCUT2D eigenvalue weighted by Crippen LogP contribution is 2.28. The molecule has 138 valence electrons. The Kier molecular flexibility index (Phi) is 6.10. The summed E-state index contributed by atoms with van der Waals surface area (Å²) in [7, 11) is 0. The normalized spacial score (nSPS) is 18.0. The van der Waals surface area contributed by atoms with Crippen LogP contribution in [0.3, 0.4) is 0 Å². The number of aliphatic carboxylic acids is 1. The number of ether oxygens (including phenoxy) is 1. The van der Waals surface area contributed by atoms with Gasteiger partial charge in [0.2, 0.25) is 5.91 Å². The van der Waals surface area contributed by atoms with E-state index in [1.54, 1.807) is 36.4 Å². The van der Waals surface area contributed by atoms with Gasteiger partial charge in [-0.3, -0.25) is 9.59 Å².